The first-order valence-corrected chi connectivity index (χ1v) is 13.7. The summed E-state index contributed by atoms with van der Waals surface area (Å²) < 4.78 is 68.1. The van der Waals surface area contributed by atoms with Crippen molar-refractivity contribution in [3.63, 3.8) is 0 Å². The minimum absolute atomic E-state index is 0.0345. The highest BCUT2D eigenvalue weighted by atomic mass is 19.2. The first-order chi connectivity index (χ1) is 20.7. The molecule has 3 aromatic rings. The second kappa shape index (κ2) is 13.5. The Labute approximate surface area is 246 Å². The van der Waals surface area contributed by atoms with Crippen LogP contribution < -0.4 is 14.4 Å². The van der Waals surface area contributed by atoms with Gasteiger partial charge >= 0.3 is 11.9 Å². The predicted molar refractivity (Wildman–Crippen MR) is 148 cm³/mol. The van der Waals surface area contributed by atoms with E-state index < -0.39 is 52.5 Å². The molecule has 4 rings (SSSR count). The molecule has 0 atom stereocenters. The zero-order valence-corrected chi connectivity index (χ0v) is 23.9. The van der Waals surface area contributed by atoms with Gasteiger partial charge in [-0.15, -0.1) is 0 Å². The third-order valence-corrected chi connectivity index (χ3v) is 7.05. The quantitative estimate of drug-likeness (QED) is 0.188. The Bertz CT molecular complexity index is 1520. The fourth-order valence-corrected chi connectivity index (χ4v) is 5.02. The Hall–Kier alpha value is -4.79. The van der Waals surface area contributed by atoms with Crippen LogP contribution in [-0.2, 0) is 25.7 Å². The third kappa shape index (κ3) is 6.35. The summed E-state index contributed by atoms with van der Waals surface area (Å²) in [6.45, 7) is 4.72. The molecule has 0 saturated heterocycles. The molecular formula is C31H30F3N3O6. The van der Waals surface area contributed by atoms with Crippen LogP contribution in [0.1, 0.15) is 44.7 Å². The van der Waals surface area contributed by atoms with Gasteiger partial charge in [-0.3, -0.25) is 4.79 Å². The van der Waals surface area contributed by atoms with E-state index in [4.69, 9.17) is 18.9 Å². The second-order valence-electron chi connectivity index (χ2n) is 9.69. The number of nitriles is 1. The van der Waals surface area contributed by atoms with Crippen LogP contribution in [0.4, 0.5) is 18.9 Å². The molecule has 1 saturated carbocycles. The highest BCUT2D eigenvalue weighted by Gasteiger charge is 2.59. The lowest BCUT2D eigenvalue weighted by atomic mass is 9.66. The first kappa shape index (κ1) is 31.2. The summed E-state index contributed by atoms with van der Waals surface area (Å²) in [6, 6.07) is 15.2. The average molecular weight is 598 g/mol. The standard InChI is InChI=1S/C31H30F3N3O6/c1-4-37(31(30(39)41-6-3)15-21(16-31)29(38)40-5-2)26-24(32)27(34)36-28(25(26)33)43-23-14-20(17-35)12-13-22(23)42-18-19-10-8-7-9-11-19/h7-14,21H,4-6,15-16,18H2,1-3H3. The SMILES string of the molecule is CCOC(=O)C1CC(C(=O)OCC)(N(CC)c2c(F)c(F)nc(Oc3cc(C#N)ccc3OCc3ccccc3)c2F)C1. The highest BCUT2D eigenvalue weighted by Crippen LogP contribution is 2.48. The van der Waals surface area contributed by atoms with Crippen LogP contribution >= 0.6 is 0 Å². The lowest BCUT2D eigenvalue weighted by Gasteiger charge is -2.51. The number of ether oxygens (including phenoxy) is 4. The van der Waals surface area contributed by atoms with Gasteiger partial charge in [0.15, 0.2) is 11.5 Å². The van der Waals surface area contributed by atoms with E-state index in [0.717, 1.165) is 10.5 Å². The number of aromatic nitrogens is 1. The van der Waals surface area contributed by atoms with Crippen molar-refractivity contribution < 1.29 is 41.7 Å². The maximum Gasteiger partial charge on any atom is 0.332 e. The molecule has 0 bridgehead atoms. The number of carbonyl (C=O) groups is 2. The number of hydrogen-bond acceptors (Lipinski definition) is 9. The molecule has 43 heavy (non-hydrogen) atoms. The third-order valence-electron chi connectivity index (χ3n) is 7.05. The zero-order valence-electron chi connectivity index (χ0n) is 23.9. The molecule has 0 amide bonds. The molecule has 0 aliphatic heterocycles. The van der Waals surface area contributed by atoms with E-state index in [1.807, 2.05) is 36.4 Å². The van der Waals surface area contributed by atoms with E-state index in [1.54, 1.807) is 13.8 Å². The van der Waals surface area contributed by atoms with E-state index in [2.05, 4.69) is 4.98 Å². The number of anilines is 1. The van der Waals surface area contributed by atoms with Crippen LogP contribution in [0, 0.1) is 34.8 Å². The van der Waals surface area contributed by atoms with Gasteiger partial charge in [0.1, 0.15) is 17.8 Å². The number of halogens is 3. The van der Waals surface area contributed by atoms with Crippen LogP contribution in [-0.4, -0.2) is 42.2 Å². The molecule has 12 heteroatoms. The zero-order chi connectivity index (χ0) is 31.1. The number of benzene rings is 2. The summed E-state index contributed by atoms with van der Waals surface area (Å²) in [7, 11) is 0. The van der Waals surface area contributed by atoms with Crippen LogP contribution in [0.15, 0.2) is 48.5 Å². The second-order valence-corrected chi connectivity index (χ2v) is 9.69. The van der Waals surface area contributed by atoms with E-state index in [-0.39, 0.29) is 56.3 Å². The molecule has 9 nitrogen and oxygen atoms in total. The number of hydrogen-bond donors (Lipinski definition) is 0. The summed E-state index contributed by atoms with van der Waals surface area (Å²) in [5.41, 5.74) is -1.66. The summed E-state index contributed by atoms with van der Waals surface area (Å²) in [5, 5.41) is 9.39. The van der Waals surface area contributed by atoms with Crippen LogP contribution in [0.5, 0.6) is 17.4 Å². The molecule has 1 fully saturated rings. The normalized spacial score (nSPS) is 17.3. The molecule has 2 aromatic carbocycles. The van der Waals surface area contributed by atoms with Crippen molar-refractivity contribution in [1.82, 2.24) is 4.98 Å². The van der Waals surface area contributed by atoms with Gasteiger partial charge in [-0.05, 0) is 51.3 Å². The van der Waals surface area contributed by atoms with E-state index in [0.29, 0.717) is 0 Å². The molecule has 226 valence electrons. The topological polar surface area (TPSA) is 111 Å². The minimum atomic E-state index is -1.69. The molecule has 1 heterocycles. The van der Waals surface area contributed by atoms with Gasteiger partial charge in [0.25, 0.3) is 11.8 Å². The van der Waals surface area contributed by atoms with Gasteiger partial charge in [-0.25, -0.2) is 4.79 Å². The molecule has 1 aliphatic rings. The average Bonchev–Trinajstić information content (AvgIpc) is 2.98. The largest absolute Gasteiger partial charge is 0.485 e. The van der Waals surface area contributed by atoms with Crippen LogP contribution in [0.3, 0.4) is 0 Å². The molecule has 0 spiro atoms. The summed E-state index contributed by atoms with van der Waals surface area (Å²) >= 11 is 0. The van der Waals surface area contributed by atoms with Crippen molar-refractivity contribution in [3.8, 4) is 23.4 Å². The fraction of sp³-hybridized carbons (Fsp3) is 0.355. The number of likely N-dealkylation sites (N-methyl/N-ethyl adjacent to an activating group) is 1. The minimum Gasteiger partial charge on any atom is -0.485 e. The monoisotopic (exact) mass is 597 g/mol. The number of pyridine rings is 1. The molecule has 1 aliphatic carbocycles. The van der Waals surface area contributed by atoms with Gasteiger partial charge in [0, 0.05) is 12.6 Å². The highest BCUT2D eigenvalue weighted by molar-refractivity contribution is 5.90. The first-order valence-electron chi connectivity index (χ1n) is 13.7. The Balaban J connectivity index is 1.73. The van der Waals surface area contributed by atoms with Crippen LogP contribution in [0.2, 0.25) is 0 Å². The molecular weight excluding hydrogens is 567 g/mol. The van der Waals surface area contributed by atoms with Crippen molar-refractivity contribution in [1.29, 1.82) is 5.26 Å². The smallest absolute Gasteiger partial charge is 0.332 e. The van der Waals surface area contributed by atoms with Crippen molar-refractivity contribution >= 4 is 17.6 Å². The van der Waals surface area contributed by atoms with Gasteiger partial charge < -0.3 is 23.8 Å². The Morgan fingerprint density at radius 3 is 2.33 bits per heavy atom. The lowest BCUT2D eigenvalue weighted by Crippen LogP contribution is -2.65. The molecule has 0 unspecified atom stereocenters. The molecule has 1 aromatic heterocycles. The van der Waals surface area contributed by atoms with E-state index in [9.17, 15) is 19.2 Å². The Morgan fingerprint density at radius 2 is 1.70 bits per heavy atom. The summed E-state index contributed by atoms with van der Waals surface area (Å²) in [6.07, 6.45) is -0.335. The Kier molecular flexibility index (Phi) is 9.75. The lowest BCUT2D eigenvalue weighted by molar-refractivity contribution is -0.163. The Morgan fingerprint density at radius 1 is 1.00 bits per heavy atom. The number of carbonyl (C=O) groups excluding carboxylic acids is 2. The molecule has 0 N–H and O–H groups in total. The maximum absolute atomic E-state index is 16.1. The van der Waals surface area contributed by atoms with Crippen molar-refractivity contribution in [3.05, 3.63) is 77.2 Å². The van der Waals surface area contributed by atoms with Gasteiger partial charge in [-0.1, -0.05) is 30.3 Å². The van der Waals surface area contributed by atoms with E-state index >= 15 is 8.78 Å². The fourth-order valence-electron chi connectivity index (χ4n) is 5.02. The maximum atomic E-state index is 16.1. The van der Waals surface area contributed by atoms with Gasteiger partial charge in [0.05, 0.1) is 30.8 Å². The van der Waals surface area contributed by atoms with Crippen LogP contribution in [0.25, 0.3) is 0 Å². The van der Waals surface area contributed by atoms with Crippen molar-refractivity contribution in [2.45, 2.75) is 45.8 Å². The van der Waals surface area contributed by atoms with Gasteiger partial charge in [-0.2, -0.15) is 23.4 Å². The summed E-state index contributed by atoms with van der Waals surface area (Å²) in [5.74, 6) is -7.90. The molecule has 0 radical (unpaired) electrons. The summed E-state index contributed by atoms with van der Waals surface area (Å²) in [4.78, 5) is 29.9. The predicted octanol–water partition coefficient (Wildman–Crippen LogP) is 5.84. The number of rotatable bonds is 12. The van der Waals surface area contributed by atoms with Gasteiger partial charge in [0.2, 0.25) is 11.6 Å². The van der Waals surface area contributed by atoms with Crippen molar-refractivity contribution in [2.24, 2.45) is 5.92 Å². The number of nitrogens with zero attached hydrogens (tertiary/aromatic N) is 3. The number of esters is 2. The van der Waals surface area contributed by atoms with E-state index in [1.165, 1.54) is 25.1 Å². The van der Waals surface area contributed by atoms with Crippen molar-refractivity contribution in [2.75, 3.05) is 24.7 Å².